The smallest absolute Gasteiger partial charge is 0.250 e. The molecule has 5 nitrogen and oxygen atoms in total. The average molecular weight is 318 g/mol. The number of hydrogen-bond donors (Lipinski definition) is 1. The molecule has 6 heteroatoms. The summed E-state index contributed by atoms with van der Waals surface area (Å²) in [6.07, 6.45) is 3.78. The number of nitrogens with one attached hydrogen (secondary N) is 1. The van der Waals surface area contributed by atoms with Crippen molar-refractivity contribution in [2.24, 2.45) is 0 Å². The molecule has 1 N–H and O–H groups in total. The van der Waals surface area contributed by atoms with Crippen LogP contribution in [-0.2, 0) is 16.6 Å². The normalized spacial score (nSPS) is 11.8. The Balaban J connectivity index is 1.82. The predicted octanol–water partition coefficient (Wildman–Crippen LogP) is 1.83. The highest BCUT2D eigenvalue weighted by Crippen LogP contribution is 2.02. The van der Waals surface area contributed by atoms with Crippen LogP contribution in [0.3, 0.4) is 0 Å². The standard InChI is InChI=1S/C16H18N2O3S/c19-16-9-4-5-12-18(16)13-6-11-17-22(20,21)14-10-15-7-2-1-3-8-15/h1-5,7-10,12,14,17H,6,11,13H2/b14-10+. The van der Waals surface area contributed by atoms with Crippen molar-refractivity contribution in [2.45, 2.75) is 13.0 Å². The van der Waals surface area contributed by atoms with E-state index in [-0.39, 0.29) is 12.1 Å². The van der Waals surface area contributed by atoms with Gasteiger partial charge in [-0.1, -0.05) is 36.4 Å². The van der Waals surface area contributed by atoms with Crippen LogP contribution in [0, 0.1) is 0 Å². The molecule has 22 heavy (non-hydrogen) atoms. The Morgan fingerprint density at radius 3 is 2.50 bits per heavy atom. The zero-order valence-electron chi connectivity index (χ0n) is 12.1. The molecule has 0 radical (unpaired) electrons. The molecule has 0 aliphatic carbocycles. The summed E-state index contributed by atoms with van der Waals surface area (Å²) in [6, 6.07) is 14.1. The Bertz CT molecular complexity index is 780. The van der Waals surface area contributed by atoms with Crippen LogP contribution in [0.4, 0.5) is 0 Å². The zero-order chi connectivity index (χ0) is 15.8. The Morgan fingerprint density at radius 1 is 1.05 bits per heavy atom. The van der Waals surface area contributed by atoms with Gasteiger partial charge < -0.3 is 4.57 Å². The summed E-state index contributed by atoms with van der Waals surface area (Å²) in [5.41, 5.74) is 0.734. The van der Waals surface area contributed by atoms with Crippen LogP contribution in [0.2, 0.25) is 0 Å². The van der Waals surface area contributed by atoms with Gasteiger partial charge in [0.05, 0.1) is 0 Å². The molecule has 2 aromatic rings. The molecule has 0 saturated heterocycles. The van der Waals surface area contributed by atoms with Crippen molar-refractivity contribution in [1.29, 1.82) is 0 Å². The maximum absolute atomic E-state index is 11.8. The van der Waals surface area contributed by atoms with Crippen LogP contribution in [0.15, 0.2) is 64.9 Å². The molecule has 0 atom stereocenters. The van der Waals surface area contributed by atoms with Crippen LogP contribution in [-0.4, -0.2) is 19.5 Å². The van der Waals surface area contributed by atoms with Gasteiger partial charge >= 0.3 is 0 Å². The summed E-state index contributed by atoms with van der Waals surface area (Å²) in [5.74, 6) is 0. The van der Waals surface area contributed by atoms with E-state index in [1.54, 1.807) is 29.0 Å². The summed E-state index contributed by atoms with van der Waals surface area (Å²) in [4.78, 5) is 11.5. The Hall–Kier alpha value is -2.18. The van der Waals surface area contributed by atoms with Crippen molar-refractivity contribution in [1.82, 2.24) is 9.29 Å². The lowest BCUT2D eigenvalue weighted by atomic mass is 10.2. The number of benzene rings is 1. The van der Waals surface area contributed by atoms with Gasteiger partial charge in [-0.05, 0) is 24.1 Å². The summed E-state index contributed by atoms with van der Waals surface area (Å²) in [5, 5.41) is 1.15. The quantitative estimate of drug-likeness (QED) is 0.792. The second kappa shape index (κ2) is 7.72. The van der Waals surface area contributed by atoms with Gasteiger partial charge in [0.25, 0.3) is 0 Å². The Morgan fingerprint density at radius 2 is 1.77 bits per heavy atom. The van der Waals surface area contributed by atoms with Crippen LogP contribution in [0.25, 0.3) is 6.08 Å². The molecule has 0 spiro atoms. The Kier molecular flexibility index (Phi) is 5.68. The molecule has 0 saturated carbocycles. The first-order chi connectivity index (χ1) is 10.6. The highest BCUT2D eigenvalue weighted by molar-refractivity contribution is 7.92. The van der Waals surface area contributed by atoms with Gasteiger partial charge in [-0.15, -0.1) is 0 Å². The molecule has 0 aliphatic rings. The van der Waals surface area contributed by atoms with Crippen molar-refractivity contribution >= 4 is 16.1 Å². The van der Waals surface area contributed by atoms with Crippen molar-refractivity contribution in [3.05, 3.63) is 76.1 Å². The molecule has 0 aliphatic heterocycles. The molecule has 0 bridgehead atoms. The largest absolute Gasteiger partial charge is 0.315 e. The third kappa shape index (κ3) is 5.31. The molecule has 1 heterocycles. The minimum Gasteiger partial charge on any atom is -0.315 e. The van der Waals surface area contributed by atoms with Crippen LogP contribution in [0.5, 0.6) is 0 Å². The second-order valence-corrected chi connectivity index (χ2v) is 6.39. The Labute approximate surface area is 130 Å². The second-order valence-electron chi connectivity index (χ2n) is 4.74. The molecule has 2 rings (SSSR count). The number of aromatic nitrogens is 1. The summed E-state index contributed by atoms with van der Waals surface area (Å²) in [7, 11) is -3.46. The number of aryl methyl sites for hydroxylation is 1. The summed E-state index contributed by atoms with van der Waals surface area (Å²) in [6.45, 7) is 0.757. The molecular weight excluding hydrogens is 300 g/mol. The molecular formula is C16H18N2O3S. The minimum absolute atomic E-state index is 0.0886. The first kappa shape index (κ1) is 16.2. The maximum atomic E-state index is 11.8. The molecule has 0 amide bonds. The number of pyridine rings is 1. The van der Waals surface area contributed by atoms with Crippen LogP contribution in [0.1, 0.15) is 12.0 Å². The van der Waals surface area contributed by atoms with E-state index in [1.165, 1.54) is 6.07 Å². The van der Waals surface area contributed by atoms with Gasteiger partial charge in [-0.25, -0.2) is 13.1 Å². The first-order valence-corrected chi connectivity index (χ1v) is 8.50. The topological polar surface area (TPSA) is 68.2 Å². The molecule has 0 fully saturated rings. The number of hydrogen-bond acceptors (Lipinski definition) is 3. The van der Waals surface area contributed by atoms with Crippen molar-refractivity contribution in [3.63, 3.8) is 0 Å². The highest BCUT2D eigenvalue weighted by Gasteiger charge is 2.04. The third-order valence-corrected chi connectivity index (χ3v) is 4.12. The van der Waals surface area contributed by atoms with Crippen LogP contribution >= 0.6 is 0 Å². The van der Waals surface area contributed by atoms with Gasteiger partial charge in [0.15, 0.2) is 0 Å². The number of nitrogens with zero attached hydrogens (tertiary/aromatic N) is 1. The van der Waals surface area contributed by atoms with E-state index in [2.05, 4.69) is 4.72 Å². The fraction of sp³-hybridized carbons (Fsp3) is 0.188. The van der Waals surface area contributed by atoms with E-state index in [9.17, 15) is 13.2 Å². The van der Waals surface area contributed by atoms with Crippen molar-refractivity contribution in [3.8, 4) is 0 Å². The molecule has 0 unspecified atom stereocenters. The lowest BCUT2D eigenvalue weighted by molar-refractivity contribution is 0.574. The van der Waals surface area contributed by atoms with Crippen molar-refractivity contribution in [2.75, 3.05) is 6.54 Å². The van der Waals surface area contributed by atoms with Gasteiger partial charge in [0.1, 0.15) is 0 Å². The van der Waals surface area contributed by atoms with Gasteiger partial charge in [-0.2, -0.15) is 0 Å². The van der Waals surface area contributed by atoms with E-state index < -0.39 is 10.0 Å². The van der Waals surface area contributed by atoms with E-state index in [0.717, 1.165) is 11.0 Å². The first-order valence-electron chi connectivity index (χ1n) is 6.95. The predicted molar refractivity (Wildman–Crippen MR) is 87.7 cm³/mol. The van der Waals surface area contributed by atoms with Gasteiger partial charge in [0, 0.05) is 30.8 Å². The SMILES string of the molecule is O=c1ccccn1CCCNS(=O)(=O)/C=C/c1ccccc1. The van der Waals surface area contributed by atoms with E-state index in [0.29, 0.717) is 13.0 Å². The zero-order valence-corrected chi connectivity index (χ0v) is 12.9. The summed E-state index contributed by atoms with van der Waals surface area (Å²) >= 11 is 0. The lowest BCUT2D eigenvalue weighted by Crippen LogP contribution is -2.25. The summed E-state index contributed by atoms with van der Waals surface area (Å²) < 4.78 is 27.7. The van der Waals surface area contributed by atoms with E-state index in [4.69, 9.17) is 0 Å². The third-order valence-electron chi connectivity index (χ3n) is 3.02. The maximum Gasteiger partial charge on any atom is 0.250 e. The number of rotatable bonds is 7. The molecule has 116 valence electrons. The van der Waals surface area contributed by atoms with E-state index in [1.807, 2.05) is 30.3 Å². The molecule has 1 aromatic carbocycles. The van der Waals surface area contributed by atoms with Gasteiger partial charge in [0.2, 0.25) is 15.6 Å². The minimum atomic E-state index is -3.46. The molecule has 1 aromatic heterocycles. The fourth-order valence-electron chi connectivity index (χ4n) is 1.89. The fourth-order valence-corrected chi connectivity index (χ4v) is 2.75. The lowest BCUT2D eigenvalue weighted by Gasteiger charge is -2.05. The average Bonchev–Trinajstić information content (AvgIpc) is 2.52. The highest BCUT2D eigenvalue weighted by atomic mass is 32.2. The van der Waals surface area contributed by atoms with Gasteiger partial charge in [-0.3, -0.25) is 4.79 Å². The number of sulfonamides is 1. The van der Waals surface area contributed by atoms with Crippen LogP contribution < -0.4 is 10.3 Å². The van der Waals surface area contributed by atoms with E-state index >= 15 is 0 Å². The van der Waals surface area contributed by atoms with Crippen molar-refractivity contribution < 1.29 is 8.42 Å². The monoisotopic (exact) mass is 318 g/mol.